The highest BCUT2D eigenvalue weighted by Crippen LogP contribution is 2.59. The molecule has 2 heterocycles. The van der Waals surface area contributed by atoms with Crippen molar-refractivity contribution in [1.29, 1.82) is 0 Å². The Balaban J connectivity index is 1.25. The molecule has 29 heavy (non-hydrogen) atoms. The van der Waals surface area contributed by atoms with E-state index in [1.807, 2.05) is 4.90 Å². The van der Waals surface area contributed by atoms with Gasteiger partial charge in [-0.1, -0.05) is 11.8 Å². The first-order valence-electron chi connectivity index (χ1n) is 9.40. The first-order chi connectivity index (χ1) is 14.0. The molecular formula is C20H20F2N4O2S. The van der Waals surface area contributed by atoms with Crippen LogP contribution >= 0.6 is 11.8 Å². The fraction of sp³-hybridized carbons (Fsp3) is 0.400. The Bertz CT molecular complexity index is 920. The summed E-state index contributed by atoms with van der Waals surface area (Å²) in [5.41, 5.74) is 0.165. The first-order valence-corrected chi connectivity index (χ1v) is 10.4. The van der Waals surface area contributed by atoms with Crippen molar-refractivity contribution in [1.82, 2.24) is 14.9 Å². The van der Waals surface area contributed by atoms with Crippen LogP contribution in [0.5, 0.6) is 0 Å². The van der Waals surface area contributed by atoms with E-state index >= 15 is 0 Å². The molecule has 6 nitrogen and oxygen atoms in total. The van der Waals surface area contributed by atoms with Gasteiger partial charge in [0.2, 0.25) is 11.8 Å². The predicted molar refractivity (Wildman–Crippen MR) is 104 cm³/mol. The average Bonchev–Trinajstić information content (AvgIpc) is 3.43. The molecule has 1 aromatic heterocycles. The average molecular weight is 418 g/mol. The zero-order valence-corrected chi connectivity index (χ0v) is 16.4. The van der Waals surface area contributed by atoms with E-state index in [1.165, 1.54) is 17.8 Å². The number of rotatable bonds is 5. The minimum absolute atomic E-state index is 0.0424. The van der Waals surface area contributed by atoms with Gasteiger partial charge in [-0.2, -0.15) is 0 Å². The molecule has 1 saturated heterocycles. The molecule has 2 aliphatic rings. The highest BCUT2D eigenvalue weighted by atomic mass is 32.2. The minimum Gasteiger partial charge on any atom is -0.342 e. The highest BCUT2D eigenvalue weighted by molar-refractivity contribution is 7.99. The maximum absolute atomic E-state index is 13.3. The summed E-state index contributed by atoms with van der Waals surface area (Å²) in [4.78, 5) is 34.9. The number of carbonyl (C=O) groups is 2. The topological polar surface area (TPSA) is 75.2 Å². The zero-order chi connectivity index (χ0) is 20.4. The molecule has 2 fully saturated rings. The number of nitrogens with one attached hydrogen (secondary N) is 1. The van der Waals surface area contributed by atoms with Crippen LogP contribution in [0.2, 0.25) is 0 Å². The molecule has 0 bridgehead atoms. The lowest BCUT2D eigenvalue weighted by Crippen LogP contribution is -2.41. The molecule has 1 N–H and O–H groups in total. The van der Waals surface area contributed by atoms with Gasteiger partial charge in [-0.3, -0.25) is 9.59 Å². The van der Waals surface area contributed by atoms with Crippen LogP contribution in [0.25, 0.3) is 0 Å². The number of carbonyl (C=O) groups excluding carboxylic acids is 2. The summed E-state index contributed by atoms with van der Waals surface area (Å²) < 4.78 is 26.3. The third-order valence-electron chi connectivity index (χ3n) is 5.67. The van der Waals surface area contributed by atoms with Crippen LogP contribution in [-0.4, -0.2) is 45.5 Å². The largest absolute Gasteiger partial charge is 0.342 e. The summed E-state index contributed by atoms with van der Waals surface area (Å²) in [5.74, 6) is -1.93. The number of hydrogen-bond donors (Lipinski definition) is 1. The van der Waals surface area contributed by atoms with E-state index in [9.17, 15) is 18.4 Å². The van der Waals surface area contributed by atoms with E-state index in [1.54, 1.807) is 18.5 Å². The summed E-state index contributed by atoms with van der Waals surface area (Å²) in [6.45, 7) is 1.23. The Morgan fingerprint density at radius 2 is 1.90 bits per heavy atom. The minimum atomic E-state index is -0.987. The molecule has 4 rings (SSSR count). The molecule has 2 amide bonds. The van der Waals surface area contributed by atoms with Gasteiger partial charge in [0.05, 0.1) is 5.75 Å². The molecule has 1 saturated carbocycles. The van der Waals surface area contributed by atoms with Gasteiger partial charge >= 0.3 is 0 Å². The Labute approximate surface area is 171 Å². The maximum Gasteiger partial charge on any atom is 0.233 e. The van der Waals surface area contributed by atoms with Crippen LogP contribution in [0.1, 0.15) is 19.3 Å². The fourth-order valence-electron chi connectivity index (χ4n) is 3.85. The van der Waals surface area contributed by atoms with Crippen LogP contribution in [0, 0.1) is 23.0 Å². The van der Waals surface area contributed by atoms with E-state index in [-0.39, 0.29) is 34.6 Å². The zero-order valence-electron chi connectivity index (χ0n) is 15.6. The van der Waals surface area contributed by atoms with Gasteiger partial charge in [0.1, 0.15) is 0 Å². The van der Waals surface area contributed by atoms with E-state index in [4.69, 9.17) is 0 Å². The molecule has 0 radical (unpaired) electrons. The highest BCUT2D eigenvalue weighted by Gasteiger charge is 2.58. The maximum atomic E-state index is 13.3. The van der Waals surface area contributed by atoms with Crippen LogP contribution in [0.3, 0.4) is 0 Å². The third-order valence-corrected chi connectivity index (χ3v) is 6.53. The van der Waals surface area contributed by atoms with Gasteiger partial charge < -0.3 is 10.2 Å². The lowest BCUT2D eigenvalue weighted by molar-refractivity contribution is -0.130. The van der Waals surface area contributed by atoms with Gasteiger partial charge in [-0.15, -0.1) is 0 Å². The molecule has 2 aromatic rings. The second kappa shape index (κ2) is 8.06. The summed E-state index contributed by atoms with van der Waals surface area (Å²) in [7, 11) is 0. The lowest BCUT2D eigenvalue weighted by atomic mass is 9.90. The summed E-state index contributed by atoms with van der Waals surface area (Å²) in [6, 6.07) is 5.05. The number of aromatic nitrogens is 2. The first kappa shape index (κ1) is 19.8. The molecular weight excluding hydrogens is 398 g/mol. The number of amides is 2. The van der Waals surface area contributed by atoms with Crippen molar-refractivity contribution in [2.75, 3.05) is 24.2 Å². The molecule has 1 aromatic carbocycles. The van der Waals surface area contributed by atoms with Gasteiger partial charge in [-0.25, -0.2) is 18.7 Å². The monoisotopic (exact) mass is 418 g/mol. The molecule has 1 aliphatic carbocycles. The lowest BCUT2D eigenvalue weighted by Gasteiger charge is -2.32. The number of nitrogens with zero attached hydrogens (tertiary/aromatic N) is 3. The molecule has 1 spiro atoms. The third kappa shape index (κ3) is 4.39. The normalized spacial score (nSPS) is 19.8. The van der Waals surface area contributed by atoms with Crippen LogP contribution in [0.4, 0.5) is 14.5 Å². The number of halogens is 2. The summed E-state index contributed by atoms with van der Waals surface area (Å²) >= 11 is 1.31. The Morgan fingerprint density at radius 1 is 1.17 bits per heavy atom. The Hall–Kier alpha value is -2.55. The molecule has 9 heteroatoms. The van der Waals surface area contributed by atoms with Gasteiger partial charge in [0.15, 0.2) is 16.8 Å². The molecule has 1 aliphatic heterocycles. The number of benzene rings is 1. The number of anilines is 1. The summed E-state index contributed by atoms with van der Waals surface area (Å²) in [5, 5.41) is 3.25. The quantitative estimate of drug-likeness (QED) is 0.597. The van der Waals surface area contributed by atoms with Crippen LogP contribution in [-0.2, 0) is 9.59 Å². The molecule has 152 valence electrons. The second-order valence-electron chi connectivity index (χ2n) is 7.44. The summed E-state index contributed by atoms with van der Waals surface area (Å²) in [6.07, 6.45) is 5.57. The van der Waals surface area contributed by atoms with Crippen molar-refractivity contribution in [3.8, 4) is 0 Å². The van der Waals surface area contributed by atoms with Crippen molar-refractivity contribution in [3.05, 3.63) is 48.3 Å². The van der Waals surface area contributed by atoms with E-state index in [0.29, 0.717) is 18.2 Å². The number of thioether (sulfide) groups is 1. The predicted octanol–water partition coefficient (Wildman–Crippen LogP) is 3.11. The SMILES string of the molecule is O=C(Nc1ccc(F)c(F)c1)C1CC12CCN(C(=O)CSc1ncccn1)CC2. The van der Waals surface area contributed by atoms with E-state index < -0.39 is 11.6 Å². The van der Waals surface area contributed by atoms with Crippen LogP contribution < -0.4 is 5.32 Å². The number of piperidine rings is 1. The van der Waals surface area contributed by atoms with Gasteiger partial charge in [0, 0.05) is 43.2 Å². The van der Waals surface area contributed by atoms with Crippen molar-refractivity contribution in [2.24, 2.45) is 11.3 Å². The Morgan fingerprint density at radius 3 is 2.59 bits per heavy atom. The van der Waals surface area contributed by atoms with E-state index in [2.05, 4.69) is 15.3 Å². The second-order valence-corrected chi connectivity index (χ2v) is 8.38. The smallest absolute Gasteiger partial charge is 0.233 e. The van der Waals surface area contributed by atoms with Gasteiger partial charge in [0.25, 0.3) is 0 Å². The Kier molecular flexibility index (Phi) is 5.49. The molecule has 1 unspecified atom stereocenters. The van der Waals surface area contributed by atoms with E-state index in [0.717, 1.165) is 31.4 Å². The van der Waals surface area contributed by atoms with Crippen molar-refractivity contribution < 1.29 is 18.4 Å². The van der Waals surface area contributed by atoms with Crippen molar-refractivity contribution in [2.45, 2.75) is 24.4 Å². The standard InChI is InChI=1S/C20H20F2N4O2S/c21-15-3-2-13(10-16(15)22)25-18(28)14-11-20(14)4-8-26(9-5-20)17(27)12-29-19-23-6-1-7-24-19/h1-3,6-7,10,14H,4-5,8-9,11-12H2,(H,25,28). The number of likely N-dealkylation sites (tertiary alicyclic amines) is 1. The molecule has 1 atom stereocenters. The number of hydrogen-bond acceptors (Lipinski definition) is 5. The van der Waals surface area contributed by atoms with Crippen molar-refractivity contribution >= 4 is 29.3 Å². The van der Waals surface area contributed by atoms with Gasteiger partial charge in [-0.05, 0) is 42.9 Å². The van der Waals surface area contributed by atoms with Crippen LogP contribution in [0.15, 0.2) is 41.8 Å². The van der Waals surface area contributed by atoms with Crippen molar-refractivity contribution in [3.63, 3.8) is 0 Å². The fourth-order valence-corrected chi connectivity index (χ4v) is 4.56.